The number of fused-ring (bicyclic) bond motifs is 1. The lowest BCUT2D eigenvalue weighted by Crippen LogP contribution is -2.31. The van der Waals surface area contributed by atoms with Crippen molar-refractivity contribution in [3.8, 4) is 0 Å². The van der Waals surface area contributed by atoms with Crippen LogP contribution >= 0.6 is 11.3 Å². The number of nitrogens with zero attached hydrogens (tertiary/aromatic N) is 4. The number of amides is 1. The monoisotopic (exact) mass is 408 g/mol. The van der Waals surface area contributed by atoms with E-state index in [2.05, 4.69) is 9.97 Å². The second kappa shape index (κ2) is 7.72. The van der Waals surface area contributed by atoms with Crippen molar-refractivity contribution in [3.63, 3.8) is 0 Å². The summed E-state index contributed by atoms with van der Waals surface area (Å²) in [7, 11) is 0. The molecule has 0 atom stereocenters. The summed E-state index contributed by atoms with van der Waals surface area (Å²) in [5.41, 5.74) is 0.486. The van der Waals surface area contributed by atoms with Crippen LogP contribution in [0.5, 0.6) is 0 Å². The summed E-state index contributed by atoms with van der Waals surface area (Å²) in [4.78, 5) is 33.7. The Bertz CT molecular complexity index is 1210. The van der Waals surface area contributed by atoms with Gasteiger partial charge < -0.3 is 0 Å². The van der Waals surface area contributed by atoms with Gasteiger partial charge in [-0.05, 0) is 29.8 Å². The summed E-state index contributed by atoms with van der Waals surface area (Å²) >= 11 is 1.14. The van der Waals surface area contributed by atoms with Gasteiger partial charge in [-0.1, -0.05) is 35.6 Å². The van der Waals surface area contributed by atoms with E-state index in [1.807, 2.05) is 0 Å². The van der Waals surface area contributed by atoms with E-state index < -0.39 is 16.6 Å². The Labute approximate surface area is 168 Å². The van der Waals surface area contributed by atoms with Gasteiger partial charge in [-0.3, -0.25) is 24.8 Å². The number of nitro benzene ring substituents is 1. The number of hydrogen-bond donors (Lipinski definition) is 0. The van der Waals surface area contributed by atoms with Gasteiger partial charge in [-0.2, -0.15) is 0 Å². The van der Waals surface area contributed by atoms with Crippen molar-refractivity contribution in [1.29, 1.82) is 0 Å². The molecule has 0 saturated heterocycles. The molecular formula is C20H13FN4O3S. The summed E-state index contributed by atoms with van der Waals surface area (Å²) in [6, 6.07) is 13.8. The highest BCUT2D eigenvalue weighted by Crippen LogP contribution is 2.33. The lowest BCUT2D eigenvalue weighted by molar-refractivity contribution is -0.385. The van der Waals surface area contributed by atoms with Crippen molar-refractivity contribution in [3.05, 3.63) is 94.0 Å². The van der Waals surface area contributed by atoms with Crippen LogP contribution in [0.4, 0.5) is 15.2 Å². The quantitative estimate of drug-likeness (QED) is 0.356. The first kappa shape index (κ1) is 18.6. The van der Waals surface area contributed by atoms with E-state index in [-0.39, 0.29) is 28.4 Å². The number of thiazole rings is 1. The highest BCUT2D eigenvalue weighted by Gasteiger charge is 2.28. The van der Waals surface area contributed by atoms with Gasteiger partial charge in [0.25, 0.3) is 11.6 Å². The smallest absolute Gasteiger partial charge is 0.279 e. The van der Waals surface area contributed by atoms with E-state index in [1.165, 1.54) is 29.2 Å². The molecule has 29 heavy (non-hydrogen) atoms. The summed E-state index contributed by atoms with van der Waals surface area (Å²) in [5.74, 6) is -1.09. The predicted octanol–water partition coefficient (Wildman–Crippen LogP) is 4.59. The van der Waals surface area contributed by atoms with E-state index >= 15 is 0 Å². The SMILES string of the molecule is O=C(c1ccccc1[N+](=O)[O-])N(Cc1cccnc1)c1nc2c(F)cccc2s1. The van der Waals surface area contributed by atoms with Gasteiger partial charge >= 0.3 is 0 Å². The normalized spacial score (nSPS) is 10.8. The molecule has 2 heterocycles. The lowest BCUT2D eigenvalue weighted by atomic mass is 10.1. The van der Waals surface area contributed by atoms with E-state index in [0.29, 0.717) is 10.3 Å². The fraction of sp³-hybridized carbons (Fsp3) is 0.0500. The van der Waals surface area contributed by atoms with Crippen LogP contribution in [0, 0.1) is 15.9 Å². The van der Waals surface area contributed by atoms with Crippen molar-refractivity contribution in [2.24, 2.45) is 0 Å². The van der Waals surface area contributed by atoms with E-state index in [4.69, 9.17) is 0 Å². The maximum atomic E-state index is 14.1. The van der Waals surface area contributed by atoms with Gasteiger partial charge in [-0.15, -0.1) is 0 Å². The van der Waals surface area contributed by atoms with Gasteiger partial charge in [-0.25, -0.2) is 9.37 Å². The molecule has 0 radical (unpaired) electrons. The molecule has 0 saturated carbocycles. The molecule has 1 amide bonds. The van der Waals surface area contributed by atoms with Crippen LogP contribution in [0.3, 0.4) is 0 Å². The maximum Gasteiger partial charge on any atom is 0.282 e. The first-order valence-electron chi connectivity index (χ1n) is 8.54. The van der Waals surface area contributed by atoms with E-state index in [9.17, 15) is 19.3 Å². The van der Waals surface area contributed by atoms with Gasteiger partial charge in [0, 0.05) is 18.5 Å². The number of benzene rings is 2. The molecule has 0 unspecified atom stereocenters. The number of hydrogen-bond acceptors (Lipinski definition) is 6. The van der Waals surface area contributed by atoms with Crippen LogP contribution in [-0.2, 0) is 6.54 Å². The first-order valence-corrected chi connectivity index (χ1v) is 9.35. The number of aromatic nitrogens is 2. The minimum absolute atomic E-state index is 0.0684. The molecular weight excluding hydrogens is 395 g/mol. The molecule has 0 N–H and O–H groups in total. The Balaban J connectivity index is 1.83. The number of anilines is 1. The molecule has 2 aromatic heterocycles. The number of halogens is 1. The molecule has 0 fully saturated rings. The number of pyridine rings is 1. The lowest BCUT2D eigenvalue weighted by Gasteiger charge is -2.20. The second-order valence-electron chi connectivity index (χ2n) is 6.11. The fourth-order valence-electron chi connectivity index (χ4n) is 2.88. The number of carbonyl (C=O) groups is 1. The Morgan fingerprint density at radius 1 is 1.14 bits per heavy atom. The van der Waals surface area contributed by atoms with Gasteiger partial charge in [0.2, 0.25) is 0 Å². The number of carbonyl (C=O) groups excluding carboxylic acids is 1. The third-order valence-electron chi connectivity index (χ3n) is 4.23. The summed E-state index contributed by atoms with van der Waals surface area (Å²) < 4.78 is 14.7. The molecule has 9 heteroatoms. The minimum atomic E-state index is -0.604. The van der Waals surface area contributed by atoms with Gasteiger partial charge in [0.1, 0.15) is 16.9 Å². The Hall–Kier alpha value is -3.72. The van der Waals surface area contributed by atoms with Gasteiger partial charge in [0.15, 0.2) is 5.13 Å². The van der Waals surface area contributed by atoms with Crippen LogP contribution in [-0.4, -0.2) is 20.8 Å². The third kappa shape index (κ3) is 3.67. The molecule has 144 valence electrons. The number of para-hydroxylation sites is 2. The summed E-state index contributed by atoms with van der Waals surface area (Å²) in [6.07, 6.45) is 3.19. The highest BCUT2D eigenvalue weighted by molar-refractivity contribution is 7.22. The maximum absolute atomic E-state index is 14.1. The van der Waals surface area contributed by atoms with Crippen LogP contribution in [0.25, 0.3) is 10.2 Å². The number of rotatable bonds is 5. The van der Waals surface area contributed by atoms with E-state index in [0.717, 1.165) is 11.3 Å². The molecule has 0 aliphatic heterocycles. The topological polar surface area (TPSA) is 89.2 Å². The van der Waals surface area contributed by atoms with Crippen molar-refractivity contribution in [1.82, 2.24) is 9.97 Å². The van der Waals surface area contributed by atoms with Crippen LogP contribution in [0.15, 0.2) is 67.0 Å². The average molecular weight is 408 g/mol. The summed E-state index contributed by atoms with van der Waals surface area (Å²) in [6.45, 7) is 0.0835. The van der Waals surface area contributed by atoms with Crippen molar-refractivity contribution < 1.29 is 14.1 Å². The molecule has 4 rings (SSSR count). The molecule has 2 aromatic carbocycles. The highest BCUT2D eigenvalue weighted by atomic mass is 32.1. The molecule has 0 aliphatic rings. The fourth-order valence-corrected chi connectivity index (χ4v) is 3.86. The van der Waals surface area contributed by atoms with Crippen LogP contribution < -0.4 is 4.90 Å². The Kier molecular flexibility index (Phi) is 4.96. The molecule has 4 aromatic rings. The summed E-state index contributed by atoms with van der Waals surface area (Å²) in [5, 5.41) is 11.6. The minimum Gasteiger partial charge on any atom is -0.279 e. The Morgan fingerprint density at radius 3 is 2.69 bits per heavy atom. The first-order chi connectivity index (χ1) is 14.0. The van der Waals surface area contributed by atoms with Crippen molar-refractivity contribution in [2.45, 2.75) is 6.54 Å². The molecule has 0 bridgehead atoms. The largest absolute Gasteiger partial charge is 0.282 e. The standard InChI is InChI=1S/C20H13FN4O3S/c21-15-7-3-9-17-18(15)23-20(29-17)24(12-13-5-4-10-22-11-13)19(26)14-6-1-2-8-16(14)25(27)28/h1-11H,12H2. The van der Waals surface area contributed by atoms with Crippen molar-refractivity contribution >= 4 is 38.3 Å². The van der Waals surface area contributed by atoms with Crippen molar-refractivity contribution in [2.75, 3.05) is 4.90 Å². The number of nitro groups is 1. The average Bonchev–Trinajstić information content (AvgIpc) is 3.17. The zero-order valence-electron chi connectivity index (χ0n) is 14.9. The third-order valence-corrected chi connectivity index (χ3v) is 5.27. The molecule has 0 aliphatic carbocycles. The van der Waals surface area contributed by atoms with E-state index in [1.54, 1.807) is 42.7 Å². The predicted molar refractivity (Wildman–Crippen MR) is 107 cm³/mol. The zero-order valence-corrected chi connectivity index (χ0v) is 15.7. The zero-order chi connectivity index (χ0) is 20.4. The molecule has 7 nitrogen and oxygen atoms in total. The van der Waals surface area contributed by atoms with Gasteiger partial charge in [0.05, 0.1) is 16.2 Å². The van der Waals surface area contributed by atoms with Crippen LogP contribution in [0.2, 0.25) is 0 Å². The Morgan fingerprint density at radius 2 is 1.97 bits per heavy atom. The van der Waals surface area contributed by atoms with Crippen LogP contribution in [0.1, 0.15) is 15.9 Å². The second-order valence-corrected chi connectivity index (χ2v) is 7.12. The molecule has 0 spiro atoms.